The van der Waals surface area contributed by atoms with Crippen LogP contribution in [0.2, 0.25) is 10.0 Å². The second-order valence-electron chi connectivity index (χ2n) is 21.5. The first kappa shape index (κ1) is 68.3. The van der Waals surface area contributed by atoms with Crippen LogP contribution in [0.4, 0.5) is 52.7 Å². The minimum Gasteiger partial charge on any atom is -0.494 e. The van der Waals surface area contributed by atoms with Gasteiger partial charge in [-0.3, -0.25) is 9.59 Å². The fourth-order valence-electron chi connectivity index (χ4n) is 10.7. The summed E-state index contributed by atoms with van der Waals surface area (Å²) >= 11 is 11.8. The number of ether oxygens (including phenoxy) is 4. The van der Waals surface area contributed by atoms with E-state index in [0.717, 1.165) is 48.5 Å². The van der Waals surface area contributed by atoms with Crippen LogP contribution in [0.5, 0.6) is 40.2 Å². The normalized spacial score (nSPS) is 12.4. The standard InChI is InChI=1S/C72H48Cl2F12O8S/c73-54-22-6-46(7-23-54)65(87)48-10-26-57(27-11-48)92-59-32-16-51(17-33-59)67(69(75,76)77,70(78,79)80)50-14-30-56(31-15-50)91-44-2-1-3-45-4-40-63(41-5-45)95(89,90)64-42-38-62(39-43-64)94-61-36-20-53(21-37-61)68(71(81,82)83,72(84,85)86)52-18-34-60(35-19-52)93-58-28-12-49(13-29-58)66(88)47-8-24-55(74)25-9-47/h4-43H,1-3,44H2. The van der Waals surface area contributed by atoms with Crippen molar-refractivity contribution in [3.05, 3.63) is 303 Å². The third kappa shape index (κ3) is 14.6. The minimum atomic E-state index is -5.92. The number of unbranched alkanes of at least 4 members (excludes halogenated alkanes) is 1. The Morgan fingerprint density at radius 1 is 0.316 bits per heavy atom. The van der Waals surface area contributed by atoms with Gasteiger partial charge in [-0.1, -0.05) is 83.9 Å². The van der Waals surface area contributed by atoms with Crippen LogP contribution < -0.4 is 18.9 Å². The van der Waals surface area contributed by atoms with E-state index in [1.807, 2.05) is 0 Å². The van der Waals surface area contributed by atoms with Gasteiger partial charge in [0.2, 0.25) is 20.7 Å². The van der Waals surface area contributed by atoms with Crippen LogP contribution >= 0.6 is 23.2 Å². The SMILES string of the molecule is O=C(c1ccc(Cl)cc1)c1ccc(Oc2ccc(C(c3ccc(OCCCCc4ccc(S(=O)(=O)c5ccc(Oc6ccc(C(c7ccc(Oc8ccc(C(=O)c9ccc(Cl)cc9)cc8)cc7)(C(F)(F)F)C(F)(F)F)cc6)cc5)cc4)cc3)(C(F)(F)F)C(F)(F)F)cc2)cc1. The lowest BCUT2D eigenvalue weighted by molar-refractivity contribution is -0.290. The van der Waals surface area contributed by atoms with E-state index in [0.29, 0.717) is 100 Å². The number of aryl methyl sites for hydroxylation is 1. The van der Waals surface area contributed by atoms with E-state index >= 15 is 26.3 Å². The molecule has 23 heteroatoms. The number of ketones is 2. The van der Waals surface area contributed by atoms with Crippen molar-refractivity contribution in [1.29, 1.82) is 0 Å². The Morgan fingerprint density at radius 2 is 0.558 bits per heavy atom. The molecule has 95 heavy (non-hydrogen) atoms. The smallest absolute Gasteiger partial charge is 0.411 e. The summed E-state index contributed by atoms with van der Waals surface area (Å²) in [6.45, 7) is 0.0190. The number of hydrogen-bond donors (Lipinski definition) is 0. The minimum absolute atomic E-state index is 0.000732. The van der Waals surface area contributed by atoms with Gasteiger partial charge in [0, 0.05) is 32.3 Å². The molecule has 0 aliphatic heterocycles. The van der Waals surface area contributed by atoms with Crippen molar-refractivity contribution in [3.8, 4) is 40.2 Å². The average Bonchev–Trinajstić information content (AvgIpc) is 0.725. The van der Waals surface area contributed by atoms with Gasteiger partial charge in [-0.15, -0.1) is 0 Å². The van der Waals surface area contributed by atoms with Crippen molar-refractivity contribution in [1.82, 2.24) is 0 Å². The molecule has 10 aromatic rings. The fraction of sp³-hybridized carbons (Fsp3) is 0.139. The molecule has 8 nitrogen and oxygen atoms in total. The monoisotopic (exact) mass is 1370 g/mol. The first-order chi connectivity index (χ1) is 45.0. The maximum Gasteiger partial charge on any atom is 0.411 e. The molecule has 0 aliphatic rings. The van der Waals surface area contributed by atoms with Gasteiger partial charge in [0.15, 0.2) is 11.6 Å². The highest BCUT2D eigenvalue weighted by atomic mass is 35.5. The van der Waals surface area contributed by atoms with Crippen LogP contribution in [0.25, 0.3) is 0 Å². The molecule has 10 rings (SSSR count). The molecule has 0 unspecified atom stereocenters. The highest BCUT2D eigenvalue weighted by Gasteiger charge is 2.73. The number of sulfone groups is 1. The lowest BCUT2D eigenvalue weighted by Crippen LogP contribution is -2.54. The molecule has 0 saturated heterocycles. The average molecular weight is 1370 g/mol. The highest BCUT2D eigenvalue weighted by Crippen LogP contribution is 2.58. The Hall–Kier alpha value is -9.57. The second kappa shape index (κ2) is 27.4. The number of rotatable bonds is 22. The quantitative estimate of drug-likeness (QED) is 0.0375. The summed E-state index contributed by atoms with van der Waals surface area (Å²) in [5.41, 5.74) is -11.5. The van der Waals surface area contributed by atoms with Gasteiger partial charge in [-0.2, -0.15) is 52.7 Å². The van der Waals surface area contributed by atoms with Crippen LogP contribution in [0, 0.1) is 0 Å². The zero-order valence-corrected chi connectivity index (χ0v) is 51.2. The second-order valence-corrected chi connectivity index (χ2v) is 24.4. The zero-order chi connectivity index (χ0) is 68.1. The molecular weight excluding hydrogens is 1320 g/mol. The van der Waals surface area contributed by atoms with E-state index in [2.05, 4.69) is 0 Å². The molecule has 0 atom stereocenters. The van der Waals surface area contributed by atoms with Gasteiger partial charge in [0.1, 0.15) is 40.2 Å². The van der Waals surface area contributed by atoms with Crippen molar-refractivity contribution < 1.29 is 89.6 Å². The number of halogens is 14. The van der Waals surface area contributed by atoms with Crippen molar-refractivity contribution >= 4 is 44.6 Å². The first-order valence-corrected chi connectivity index (χ1v) is 30.8. The van der Waals surface area contributed by atoms with Crippen LogP contribution in [0.3, 0.4) is 0 Å². The molecule has 0 heterocycles. The Kier molecular flexibility index (Phi) is 19.7. The van der Waals surface area contributed by atoms with E-state index in [4.69, 9.17) is 42.1 Å². The molecule has 488 valence electrons. The Bertz CT molecular complexity index is 4390. The molecule has 0 aliphatic carbocycles. The van der Waals surface area contributed by atoms with E-state index in [9.17, 15) is 44.3 Å². The van der Waals surface area contributed by atoms with Gasteiger partial charge in [-0.25, -0.2) is 8.42 Å². The molecule has 0 spiro atoms. The Labute approximate surface area is 545 Å². The number of benzene rings is 10. The van der Waals surface area contributed by atoms with Crippen LogP contribution in [0.1, 0.15) is 72.5 Å². The lowest BCUT2D eigenvalue weighted by Gasteiger charge is -2.38. The van der Waals surface area contributed by atoms with Gasteiger partial charge in [0.25, 0.3) is 0 Å². The van der Waals surface area contributed by atoms with Gasteiger partial charge in [-0.05, 0) is 229 Å². The van der Waals surface area contributed by atoms with Crippen LogP contribution in [-0.4, -0.2) is 51.3 Å². The number of alkyl halides is 12. The van der Waals surface area contributed by atoms with Crippen LogP contribution in [0.15, 0.2) is 252 Å². The molecular formula is C72H48Cl2F12O8S. The van der Waals surface area contributed by atoms with Crippen LogP contribution in [-0.2, 0) is 27.1 Å². The summed E-state index contributed by atoms with van der Waals surface area (Å²) in [4.78, 5) is 25.4. The van der Waals surface area contributed by atoms with Gasteiger partial charge in [0.05, 0.1) is 16.4 Å². The molecule has 0 N–H and O–H groups in total. The first-order valence-electron chi connectivity index (χ1n) is 28.6. The third-order valence-electron chi connectivity index (χ3n) is 15.5. The molecule has 0 bridgehead atoms. The molecule has 0 saturated carbocycles. The van der Waals surface area contributed by atoms with Gasteiger partial charge < -0.3 is 18.9 Å². The molecule has 10 aromatic carbocycles. The Balaban J connectivity index is 0.718. The maximum atomic E-state index is 15.0. The number of carbonyl (C=O) groups excluding carboxylic acids is 2. The molecule has 0 aromatic heterocycles. The van der Waals surface area contributed by atoms with Gasteiger partial charge >= 0.3 is 24.7 Å². The number of hydrogen-bond acceptors (Lipinski definition) is 8. The predicted molar refractivity (Wildman–Crippen MR) is 331 cm³/mol. The van der Waals surface area contributed by atoms with Crippen molar-refractivity contribution in [2.24, 2.45) is 0 Å². The summed E-state index contributed by atoms with van der Waals surface area (Å²) in [6.07, 6.45) is -22.3. The van der Waals surface area contributed by atoms with E-state index in [-0.39, 0.29) is 73.8 Å². The van der Waals surface area contributed by atoms with Crippen molar-refractivity contribution in [2.45, 2.75) is 64.6 Å². The van der Waals surface area contributed by atoms with E-state index in [1.54, 1.807) is 48.5 Å². The summed E-state index contributed by atoms with van der Waals surface area (Å²) in [6, 6.07) is 47.7. The van der Waals surface area contributed by atoms with E-state index in [1.165, 1.54) is 97.1 Å². The number of carbonyl (C=O) groups is 2. The maximum absolute atomic E-state index is 15.0. The summed E-state index contributed by atoms with van der Waals surface area (Å²) < 4.78 is 230. The largest absolute Gasteiger partial charge is 0.494 e. The third-order valence-corrected chi connectivity index (χ3v) is 17.8. The summed E-state index contributed by atoms with van der Waals surface area (Å²) in [7, 11) is -4.13. The molecule has 0 fully saturated rings. The molecule has 0 radical (unpaired) electrons. The van der Waals surface area contributed by atoms with Crippen molar-refractivity contribution in [2.75, 3.05) is 6.61 Å². The highest BCUT2D eigenvalue weighted by molar-refractivity contribution is 7.91. The summed E-state index contributed by atoms with van der Waals surface area (Å²) in [5.74, 6) is -0.702. The van der Waals surface area contributed by atoms with E-state index < -0.39 is 67.6 Å². The summed E-state index contributed by atoms with van der Waals surface area (Å²) in [5, 5.41) is 0.869. The molecule has 0 amide bonds. The fourth-order valence-corrected chi connectivity index (χ4v) is 12.2. The predicted octanol–water partition coefficient (Wildman–Crippen LogP) is 20.9. The Morgan fingerprint density at radius 3 is 0.842 bits per heavy atom. The zero-order valence-electron chi connectivity index (χ0n) is 48.9. The van der Waals surface area contributed by atoms with Crippen molar-refractivity contribution in [3.63, 3.8) is 0 Å². The topological polar surface area (TPSA) is 105 Å². The lowest BCUT2D eigenvalue weighted by atomic mass is 9.73.